The van der Waals surface area contributed by atoms with E-state index in [0.717, 1.165) is 42.6 Å². The maximum Gasteiger partial charge on any atom is 0.410 e. The lowest BCUT2D eigenvalue weighted by Crippen LogP contribution is -2.70. The highest BCUT2D eigenvalue weighted by atomic mass is 32.2. The monoisotopic (exact) mass is 884 g/mol. The molecule has 63 heavy (non-hydrogen) atoms. The first kappa shape index (κ1) is 47.8. The number of unbranched alkanes of at least 4 members (excludes halogenated alkanes) is 2. The van der Waals surface area contributed by atoms with Crippen LogP contribution in [0, 0.1) is 23.6 Å². The largest absolute Gasteiger partial charge is 0.493 e. The molecule has 340 valence electrons. The normalized spacial score (nSPS) is 23.1. The second-order valence-electron chi connectivity index (χ2n) is 17.4. The number of aliphatic hydroxyl groups excluding tert-OH is 2. The summed E-state index contributed by atoms with van der Waals surface area (Å²) in [5, 5.41) is 24.8. The molecule has 1 fully saturated rings. The minimum absolute atomic E-state index is 0.0378. The van der Waals surface area contributed by atoms with Crippen molar-refractivity contribution in [2.24, 2.45) is 22.9 Å². The third-order valence-electron chi connectivity index (χ3n) is 11.9. The summed E-state index contributed by atoms with van der Waals surface area (Å²) in [4.78, 5) is 23.7. The van der Waals surface area contributed by atoms with Crippen LogP contribution in [-0.4, -0.2) is 83.1 Å². The van der Waals surface area contributed by atoms with Gasteiger partial charge >= 0.3 is 6.09 Å². The van der Waals surface area contributed by atoms with Crippen molar-refractivity contribution in [3.63, 3.8) is 0 Å². The van der Waals surface area contributed by atoms with Crippen LogP contribution in [0.5, 0.6) is 11.5 Å². The second-order valence-corrected chi connectivity index (χ2v) is 18.6. The summed E-state index contributed by atoms with van der Waals surface area (Å²) in [6.07, 6.45) is 10.3. The SMILES string of the molecule is C=CCCOC(=O)N(Cc1ccc(F)cc1)[C@H]1CC(=NOC(C)(C)C)C2=C[C@H](CCCCO)[C@@H](CCCCO)[C@@H]3c4cc(OCCSc5ccccc5)ccc4O[C@@]1(OCC=C)[C@H]23. The Kier molecular flexibility index (Phi) is 17.3. The van der Waals surface area contributed by atoms with Gasteiger partial charge in [-0.05, 0) is 118 Å². The van der Waals surface area contributed by atoms with Crippen molar-refractivity contribution in [3.05, 3.63) is 127 Å². The fraction of sp³-hybridized carbons (Fsp3) is 0.490. The van der Waals surface area contributed by atoms with Crippen molar-refractivity contribution in [1.82, 2.24) is 4.90 Å². The molecule has 3 aromatic rings. The number of aliphatic hydroxyl groups is 2. The number of carbonyl (C=O) groups is 1. The molecule has 1 heterocycles. The molecule has 6 atom stereocenters. The van der Waals surface area contributed by atoms with Gasteiger partial charge in [-0.25, -0.2) is 9.18 Å². The Morgan fingerprint density at radius 2 is 1.73 bits per heavy atom. The maximum absolute atomic E-state index is 14.6. The number of amides is 1. The molecule has 12 heteroatoms. The minimum atomic E-state index is -1.49. The third kappa shape index (κ3) is 12.1. The first-order chi connectivity index (χ1) is 30.5. The molecule has 0 radical (unpaired) electrons. The average molecular weight is 885 g/mol. The van der Waals surface area contributed by atoms with E-state index in [4.69, 9.17) is 28.9 Å². The molecule has 6 rings (SSSR count). The zero-order valence-corrected chi connectivity index (χ0v) is 37.9. The highest BCUT2D eigenvalue weighted by Gasteiger charge is 2.65. The molecule has 0 unspecified atom stereocenters. The van der Waals surface area contributed by atoms with Crippen molar-refractivity contribution < 1.29 is 43.2 Å². The third-order valence-corrected chi connectivity index (χ3v) is 12.8. The van der Waals surface area contributed by atoms with E-state index in [2.05, 4.69) is 37.4 Å². The molecule has 1 amide bonds. The lowest BCUT2D eigenvalue weighted by atomic mass is 9.55. The molecular weight excluding hydrogens is 820 g/mol. The van der Waals surface area contributed by atoms with Gasteiger partial charge in [0.15, 0.2) is 0 Å². The minimum Gasteiger partial charge on any atom is -0.493 e. The number of benzene rings is 3. The summed E-state index contributed by atoms with van der Waals surface area (Å²) in [6.45, 7) is 14.6. The van der Waals surface area contributed by atoms with Gasteiger partial charge in [-0.2, -0.15) is 0 Å². The van der Waals surface area contributed by atoms with E-state index in [-0.39, 0.29) is 63.0 Å². The number of thioether (sulfide) groups is 1. The quantitative estimate of drug-likeness (QED) is 0.0415. The molecule has 0 spiro atoms. The van der Waals surface area contributed by atoms with E-state index in [1.54, 1.807) is 40.9 Å². The number of ether oxygens (including phenoxy) is 4. The summed E-state index contributed by atoms with van der Waals surface area (Å²) in [7, 11) is 0. The van der Waals surface area contributed by atoms with Gasteiger partial charge in [-0.15, -0.1) is 24.9 Å². The first-order valence-corrected chi connectivity index (χ1v) is 23.4. The number of halogens is 1. The molecule has 2 aliphatic carbocycles. The molecule has 0 saturated heterocycles. The summed E-state index contributed by atoms with van der Waals surface area (Å²) < 4.78 is 41.2. The Morgan fingerprint density at radius 1 is 0.984 bits per heavy atom. The van der Waals surface area contributed by atoms with E-state index in [0.29, 0.717) is 48.6 Å². The highest BCUT2D eigenvalue weighted by Crippen LogP contribution is 2.62. The molecule has 10 nitrogen and oxygen atoms in total. The van der Waals surface area contributed by atoms with Crippen molar-refractivity contribution in [3.8, 4) is 11.5 Å². The molecule has 2 N–H and O–H groups in total. The van der Waals surface area contributed by atoms with Crippen LogP contribution in [0.3, 0.4) is 0 Å². The van der Waals surface area contributed by atoms with Crippen LogP contribution in [0.1, 0.15) is 89.2 Å². The number of oxime groups is 1. The van der Waals surface area contributed by atoms with Crippen molar-refractivity contribution in [2.45, 2.75) is 107 Å². The Labute approximate surface area is 377 Å². The highest BCUT2D eigenvalue weighted by molar-refractivity contribution is 7.99. The zero-order valence-electron chi connectivity index (χ0n) is 37.1. The lowest BCUT2D eigenvalue weighted by molar-refractivity contribution is -0.256. The smallest absolute Gasteiger partial charge is 0.410 e. The van der Waals surface area contributed by atoms with Crippen LogP contribution >= 0.6 is 11.8 Å². The fourth-order valence-electron chi connectivity index (χ4n) is 9.17. The van der Waals surface area contributed by atoms with Gasteiger partial charge in [-0.1, -0.05) is 66.6 Å². The fourth-order valence-corrected chi connectivity index (χ4v) is 9.92. The Bertz CT molecular complexity index is 2020. The summed E-state index contributed by atoms with van der Waals surface area (Å²) in [5.41, 5.74) is 2.62. The van der Waals surface area contributed by atoms with Crippen molar-refractivity contribution in [2.75, 3.05) is 38.8 Å². The number of nitrogens with zero attached hydrogens (tertiary/aromatic N) is 2. The van der Waals surface area contributed by atoms with Crippen LogP contribution < -0.4 is 9.47 Å². The van der Waals surface area contributed by atoms with Gasteiger partial charge in [0.25, 0.3) is 0 Å². The summed E-state index contributed by atoms with van der Waals surface area (Å²) >= 11 is 1.73. The molecular formula is C51H65FN2O8S. The van der Waals surface area contributed by atoms with E-state index >= 15 is 0 Å². The molecule has 1 aliphatic heterocycles. The van der Waals surface area contributed by atoms with Crippen LogP contribution in [0.15, 0.2) is 120 Å². The number of hydrogen-bond donors (Lipinski definition) is 2. The zero-order chi connectivity index (χ0) is 44.8. The lowest BCUT2D eigenvalue weighted by Gasteiger charge is -2.60. The summed E-state index contributed by atoms with van der Waals surface area (Å²) in [6, 6.07) is 21.5. The Balaban J connectivity index is 1.55. The van der Waals surface area contributed by atoms with Crippen molar-refractivity contribution >= 4 is 23.6 Å². The number of hydrogen-bond acceptors (Lipinski definition) is 10. The number of rotatable bonds is 23. The summed E-state index contributed by atoms with van der Waals surface area (Å²) in [5.74, 6) is -0.426. The van der Waals surface area contributed by atoms with Gasteiger partial charge in [0.05, 0.1) is 31.5 Å². The van der Waals surface area contributed by atoms with Crippen molar-refractivity contribution in [1.29, 1.82) is 0 Å². The topological polar surface area (TPSA) is 119 Å². The maximum atomic E-state index is 14.6. The second kappa shape index (κ2) is 22.8. The first-order valence-electron chi connectivity index (χ1n) is 22.4. The number of fused-ring (bicyclic) bond motifs is 2. The molecule has 1 saturated carbocycles. The number of allylic oxidation sites excluding steroid dienone is 1. The van der Waals surface area contributed by atoms with Gasteiger partial charge in [0.2, 0.25) is 5.79 Å². The van der Waals surface area contributed by atoms with Gasteiger partial charge < -0.3 is 34.0 Å². The predicted molar refractivity (Wildman–Crippen MR) is 247 cm³/mol. The van der Waals surface area contributed by atoms with Gasteiger partial charge in [-0.3, -0.25) is 4.90 Å². The van der Waals surface area contributed by atoms with Gasteiger partial charge in [0, 0.05) is 48.3 Å². The average Bonchev–Trinajstić information content (AvgIpc) is 3.27. The van der Waals surface area contributed by atoms with Gasteiger partial charge in [0.1, 0.15) is 29.0 Å². The Morgan fingerprint density at radius 3 is 2.43 bits per heavy atom. The van der Waals surface area contributed by atoms with E-state index in [9.17, 15) is 19.4 Å². The molecule has 0 bridgehead atoms. The predicted octanol–water partition coefficient (Wildman–Crippen LogP) is 10.6. The molecule has 3 aliphatic rings. The standard InChI is InChI=1S/C51H65FN2O8S/c1-6-8-29-59-49(57)54(35-36-20-22-38(52)23-21-36)46-34-44(53-62-50(3,4)5)42-32-37(16-12-14-26-55)41(19-13-15-27-56)47-43-33-39(58-30-31-63-40-17-10-9-11-18-40)24-25-45(43)61-51(46,48(42)47)60-28-7-2/h6-7,9-11,17-18,20-25,32-33,37,41,46-48,55-56H,1-2,8,12-16,19,26-31,34-35H2,3-5H3/t37-,41+,46-,47+,48+,51+/m0/s1. The van der Waals surface area contributed by atoms with E-state index < -0.39 is 29.4 Å². The van der Waals surface area contributed by atoms with Crippen LogP contribution in [0.2, 0.25) is 0 Å². The molecule has 0 aromatic heterocycles. The van der Waals surface area contributed by atoms with Crippen LogP contribution in [0.4, 0.5) is 9.18 Å². The Hall–Kier alpha value is -4.62. The number of carbonyl (C=O) groups excluding carboxylic acids is 1. The van der Waals surface area contributed by atoms with Crippen LogP contribution in [0.25, 0.3) is 0 Å². The van der Waals surface area contributed by atoms with E-state index in [1.165, 1.54) is 17.0 Å². The van der Waals surface area contributed by atoms with Crippen LogP contribution in [-0.2, 0) is 20.9 Å². The molecule has 3 aromatic carbocycles. The van der Waals surface area contributed by atoms with E-state index in [1.807, 2.05) is 51.1 Å².